The summed E-state index contributed by atoms with van der Waals surface area (Å²) in [6.45, 7) is 4.03. The molecule has 6 heteroatoms. The summed E-state index contributed by atoms with van der Waals surface area (Å²) in [5, 5.41) is 3.25. The number of methoxy groups -OCH3 is 1. The van der Waals surface area contributed by atoms with E-state index in [1.165, 1.54) is 0 Å². The van der Waals surface area contributed by atoms with Crippen LogP contribution in [0.4, 0.5) is 0 Å². The number of halogens is 1. The molecule has 2 rings (SSSR count). The van der Waals surface area contributed by atoms with E-state index in [0.717, 1.165) is 31.5 Å². The van der Waals surface area contributed by atoms with Crippen molar-refractivity contribution < 1.29 is 14.3 Å². The molecule has 5 nitrogen and oxygen atoms in total. The molecule has 1 aromatic carbocycles. The number of nitrogens with one attached hydrogen (secondary N) is 1. The fraction of sp³-hybridized carbons (Fsp3) is 0.588. The van der Waals surface area contributed by atoms with Crippen molar-refractivity contribution in [1.29, 1.82) is 0 Å². The van der Waals surface area contributed by atoms with Gasteiger partial charge in [0.25, 0.3) is 0 Å². The van der Waals surface area contributed by atoms with Crippen molar-refractivity contribution in [3.63, 3.8) is 0 Å². The second-order valence-electron chi connectivity index (χ2n) is 5.72. The molecular weight excluding hydrogens is 316 g/mol. The molecule has 0 bridgehead atoms. The third kappa shape index (κ3) is 5.59. The van der Waals surface area contributed by atoms with Crippen LogP contribution >= 0.6 is 12.4 Å². The number of aryl methyl sites for hydroxylation is 1. The number of benzene rings is 1. The van der Waals surface area contributed by atoms with Crippen molar-refractivity contribution in [2.24, 2.45) is 0 Å². The quantitative estimate of drug-likeness (QED) is 0.862. The Hall–Kier alpha value is -1.46. The van der Waals surface area contributed by atoms with Gasteiger partial charge in [-0.15, -0.1) is 12.4 Å². The Morgan fingerprint density at radius 3 is 2.87 bits per heavy atom. The van der Waals surface area contributed by atoms with Gasteiger partial charge in [0.15, 0.2) is 11.5 Å². The van der Waals surface area contributed by atoms with Crippen LogP contribution < -0.4 is 14.8 Å². The van der Waals surface area contributed by atoms with E-state index in [-0.39, 0.29) is 18.3 Å². The molecule has 1 heterocycles. The third-order valence-electron chi connectivity index (χ3n) is 4.07. The van der Waals surface area contributed by atoms with E-state index < -0.39 is 0 Å². The molecule has 0 spiro atoms. The van der Waals surface area contributed by atoms with Gasteiger partial charge < -0.3 is 19.7 Å². The lowest BCUT2D eigenvalue weighted by atomic mass is 10.1. The summed E-state index contributed by atoms with van der Waals surface area (Å²) < 4.78 is 11.0. The van der Waals surface area contributed by atoms with Crippen LogP contribution in [0.15, 0.2) is 18.2 Å². The highest BCUT2D eigenvalue weighted by atomic mass is 35.5. The molecule has 0 aromatic heterocycles. The summed E-state index contributed by atoms with van der Waals surface area (Å²) in [7, 11) is 3.57. The maximum atomic E-state index is 12.2. The SMILES string of the molecule is CNC1CCCN(C(=O)CCOc2ccc(C)cc2OC)C1.Cl. The smallest absolute Gasteiger partial charge is 0.226 e. The molecule has 1 aromatic rings. The van der Waals surface area contributed by atoms with Gasteiger partial charge in [-0.25, -0.2) is 0 Å². The lowest BCUT2D eigenvalue weighted by Crippen LogP contribution is -2.47. The van der Waals surface area contributed by atoms with Crippen molar-refractivity contribution in [1.82, 2.24) is 10.2 Å². The normalized spacial score (nSPS) is 17.3. The number of hydrogen-bond donors (Lipinski definition) is 1. The highest BCUT2D eigenvalue weighted by Gasteiger charge is 2.22. The molecule has 23 heavy (non-hydrogen) atoms. The van der Waals surface area contributed by atoms with E-state index in [1.807, 2.05) is 37.1 Å². The van der Waals surface area contributed by atoms with Crippen molar-refractivity contribution in [2.75, 3.05) is 33.9 Å². The zero-order valence-electron chi connectivity index (χ0n) is 14.1. The van der Waals surface area contributed by atoms with E-state index in [9.17, 15) is 4.79 Å². The molecular formula is C17H27ClN2O3. The van der Waals surface area contributed by atoms with Gasteiger partial charge in [0.05, 0.1) is 20.1 Å². The predicted octanol–water partition coefficient (Wildman–Crippen LogP) is 2.40. The minimum absolute atomic E-state index is 0. The van der Waals surface area contributed by atoms with Crippen LogP contribution in [0, 0.1) is 6.92 Å². The van der Waals surface area contributed by atoms with Crippen molar-refractivity contribution in [2.45, 2.75) is 32.2 Å². The topological polar surface area (TPSA) is 50.8 Å². The molecule has 1 atom stereocenters. The van der Waals surface area contributed by atoms with Crippen molar-refractivity contribution in [3.8, 4) is 11.5 Å². The molecule has 1 amide bonds. The van der Waals surface area contributed by atoms with E-state index in [2.05, 4.69) is 5.32 Å². The average Bonchev–Trinajstić information content (AvgIpc) is 2.56. The minimum atomic E-state index is 0. The Morgan fingerprint density at radius 1 is 1.39 bits per heavy atom. The Balaban J connectivity index is 0.00000264. The van der Waals surface area contributed by atoms with Crippen LogP contribution in [-0.2, 0) is 4.79 Å². The third-order valence-corrected chi connectivity index (χ3v) is 4.07. The summed E-state index contributed by atoms with van der Waals surface area (Å²) >= 11 is 0. The molecule has 1 aliphatic rings. The summed E-state index contributed by atoms with van der Waals surface area (Å²) in [6, 6.07) is 6.20. The first-order valence-electron chi connectivity index (χ1n) is 7.86. The Labute approximate surface area is 144 Å². The van der Waals surface area contributed by atoms with E-state index in [1.54, 1.807) is 7.11 Å². The molecule has 0 radical (unpaired) electrons. The van der Waals surface area contributed by atoms with E-state index >= 15 is 0 Å². The van der Waals surface area contributed by atoms with Gasteiger partial charge in [-0.1, -0.05) is 6.07 Å². The largest absolute Gasteiger partial charge is 0.493 e. The lowest BCUT2D eigenvalue weighted by molar-refractivity contribution is -0.133. The van der Waals surface area contributed by atoms with Crippen molar-refractivity contribution in [3.05, 3.63) is 23.8 Å². The second-order valence-corrected chi connectivity index (χ2v) is 5.72. The number of rotatable bonds is 6. The average molecular weight is 343 g/mol. The van der Waals surface area contributed by atoms with Crippen LogP contribution in [0.2, 0.25) is 0 Å². The minimum Gasteiger partial charge on any atom is -0.493 e. The number of carbonyl (C=O) groups is 1. The molecule has 130 valence electrons. The second kappa shape index (κ2) is 9.63. The van der Waals surface area contributed by atoms with Crippen LogP contribution in [-0.4, -0.2) is 50.7 Å². The summed E-state index contributed by atoms with van der Waals surface area (Å²) in [5.41, 5.74) is 1.12. The van der Waals surface area contributed by atoms with Gasteiger partial charge in [-0.05, 0) is 44.5 Å². The summed E-state index contributed by atoms with van der Waals surface area (Å²) in [4.78, 5) is 14.2. The number of ether oxygens (including phenoxy) is 2. The molecule has 1 fully saturated rings. The van der Waals surface area contributed by atoms with E-state index in [0.29, 0.717) is 30.6 Å². The Kier molecular flexibility index (Phi) is 8.20. The van der Waals surface area contributed by atoms with Crippen molar-refractivity contribution >= 4 is 18.3 Å². The number of likely N-dealkylation sites (tertiary alicyclic amines) is 1. The number of carbonyl (C=O) groups excluding carboxylic acids is 1. The molecule has 0 aliphatic carbocycles. The molecule has 1 N–H and O–H groups in total. The zero-order valence-corrected chi connectivity index (χ0v) is 14.9. The predicted molar refractivity (Wildman–Crippen MR) is 93.8 cm³/mol. The highest BCUT2D eigenvalue weighted by Crippen LogP contribution is 2.27. The number of hydrogen-bond acceptors (Lipinski definition) is 4. The van der Waals surface area contributed by atoms with Gasteiger partial charge >= 0.3 is 0 Å². The fourth-order valence-electron chi connectivity index (χ4n) is 2.74. The maximum Gasteiger partial charge on any atom is 0.226 e. The first-order valence-corrected chi connectivity index (χ1v) is 7.86. The van der Waals surface area contributed by atoms with Gasteiger partial charge in [0.1, 0.15) is 0 Å². The summed E-state index contributed by atoms with van der Waals surface area (Å²) in [6.07, 6.45) is 2.59. The monoisotopic (exact) mass is 342 g/mol. The standard InChI is InChI=1S/C17H26N2O3.ClH/c1-13-6-7-15(16(11-13)21-3)22-10-8-17(20)19-9-4-5-14(12-19)18-2;/h6-7,11,14,18H,4-5,8-10,12H2,1-3H3;1H. The molecule has 1 unspecified atom stereocenters. The number of likely N-dealkylation sites (N-methyl/N-ethyl adjacent to an activating group) is 1. The lowest BCUT2D eigenvalue weighted by Gasteiger charge is -2.32. The molecule has 0 saturated carbocycles. The number of amides is 1. The van der Waals surface area contributed by atoms with E-state index in [4.69, 9.17) is 9.47 Å². The van der Waals surface area contributed by atoms with Crippen LogP contribution in [0.25, 0.3) is 0 Å². The Bertz CT molecular complexity index is 511. The summed E-state index contributed by atoms with van der Waals surface area (Å²) in [5.74, 6) is 1.55. The Morgan fingerprint density at radius 2 is 2.17 bits per heavy atom. The first-order chi connectivity index (χ1) is 10.6. The molecule has 1 saturated heterocycles. The first kappa shape index (κ1) is 19.6. The van der Waals surface area contributed by atoms with Gasteiger partial charge in [0.2, 0.25) is 5.91 Å². The zero-order chi connectivity index (χ0) is 15.9. The van der Waals surface area contributed by atoms with Gasteiger partial charge in [0, 0.05) is 19.1 Å². The van der Waals surface area contributed by atoms with Crippen LogP contribution in [0.5, 0.6) is 11.5 Å². The number of piperidine rings is 1. The number of nitrogens with zero attached hydrogens (tertiary/aromatic N) is 1. The van der Waals surface area contributed by atoms with Crippen LogP contribution in [0.3, 0.4) is 0 Å². The fourth-order valence-corrected chi connectivity index (χ4v) is 2.74. The van der Waals surface area contributed by atoms with Gasteiger partial charge in [-0.3, -0.25) is 4.79 Å². The maximum absolute atomic E-state index is 12.2. The molecule has 1 aliphatic heterocycles. The van der Waals surface area contributed by atoms with Crippen LogP contribution in [0.1, 0.15) is 24.8 Å². The van der Waals surface area contributed by atoms with Gasteiger partial charge in [-0.2, -0.15) is 0 Å². The highest BCUT2D eigenvalue weighted by molar-refractivity contribution is 5.85.